The van der Waals surface area contributed by atoms with Gasteiger partial charge in [-0.05, 0) is 51.0 Å². The number of fused-ring (bicyclic) bond motifs is 2. The fourth-order valence-corrected chi connectivity index (χ4v) is 2.83. The Balaban J connectivity index is 2.28. The highest BCUT2D eigenvalue weighted by Crippen LogP contribution is 2.30. The van der Waals surface area contributed by atoms with Crippen LogP contribution < -0.4 is 10.3 Å². The van der Waals surface area contributed by atoms with Crippen LogP contribution in [0.3, 0.4) is 0 Å². The second-order valence-electron chi connectivity index (χ2n) is 5.63. The summed E-state index contributed by atoms with van der Waals surface area (Å²) in [7, 11) is 0. The van der Waals surface area contributed by atoms with Gasteiger partial charge in [0.1, 0.15) is 11.2 Å². The Morgan fingerprint density at radius 3 is 2.45 bits per heavy atom. The molecule has 0 atom stereocenters. The first-order valence-electron chi connectivity index (χ1n) is 7.69. The molecule has 1 aliphatic heterocycles. The summed E-state index contributed by atoms with van der Waals surface area (Å²) in [6, 6.07) is 7.80. The zero-order chi connectivity index (χ0) is 15.9. The zero-order valence-electron chi connectivity index (χ0n) is 13.5. The van der Waals surface area contributed by atoms with Gasteiger partial charge < -0.3 is 14.7 Å². The Kier molecular flexibility index (Phi) is 3.61. The summed E-state index contributed by atoms with van der Waals surface area (Å²) in [5.41, 5.74) is 5.72. The van der Waals surface area contributed by atoms with Crippen LogP contribution in [0.2, 0.25) is 0 Å². The second-order valence-corrected chi connectivity index (χ2v) is 5.63. The van der Waals surface area contributed by atoms with Crippen molar-refractivity contribution in [2.75, 3.05) is 18.0 Å². The molecule has 0 radical (unpaired) electrons. The van der Waals surface area contributed by atoms with Gasteiger partial charge in [0, 0.05) is 30.9 Å². The monoisotopic (exact) mass is 295 g/mol. The van der Waals surface area contributed by atoms with E-state index in [0.717, 1.165) is 35.4 Å². The summed E-state index contributed by atoms with van der Waals surface area (Å²) in [5, 5.41) is 8.40. The molecule has 0 spiro atoms. The first-order chi connectivity index (χ1) is 10.5. The van der Waals surface area contributed by atoms with E-state index in [1.54, 1.807) is 6.07 Å². The summed E-state index contributed by atoms with van der Waals surface area (Å²) >= 11 is 0. The third-order valence-electron chi connectivity index (χ3n) is 4.15. The van der Waals surface area contributed by atoms with E-state index in [1.165, 1.54) is 11.3 Å². The van der Waals surface area contributed by atoms with Crippen LogP contribution in [0, 0.1) is 19.3 Å². The average Bonchev–Trinajstić information content (AvgIpc) is 2.49. The number of rotatable bonds is 3. The van der Waals surface area contributed by atoms with Crippen LogP contribution in [0.25, 0.3) is 22.6 Å². The molecule has 0 amide bonds. The van der Waals surface area contributed by atoms with Crippen LogP contribution in [0.1, 0.15) is 25.0 Å². The van der Waals surface area contributed by atoms with E-state index in [9.17, 15) is 0 Å². The Labute approximate surface area is 130 Å². The van der Waals surface area contributed by atoms with Gasteiger partial charge in [-0.1, -0.05) is 0 Å². The lowest BCUT2D eigenvalue weighted by Crippen LogP contribution is -2.22. The first-order valence-corrected chi connectivity index (χ1v) is 7.69. The molecule has 1 aromatic carbocycles. The predicted octanol–water partition coefficient (Wildman–Crippen LogP) is 3.88. The van der Waals surface area contributed by atoms with E-state index in [0.29, 0.717) is 11.1 Å². The number of anilines is 1. The molecule has 1 N–H and O–H groups in total. The maximum Gasteiger partial charge on any atom is 0.155 e. The molecule has 0 fully saturated rings. The minimum atomic E-state index is 0.480. The molecule has 1 heterocycles. The Bertz CT molecular complexity index is 862. The minimum Gasteiger partial charge on any atom is -0.453 e. The smallest absolute Gasteiger partial charge is 0.155 e. The third kappa shape index (κ3) is 2.34. The van der Waals surface area contributed by atoms with E-state index >= 15 is 0 Å². The van der Waals surface area contributed by atoms with Crippen LogP contribution in [0.15, 0.2) is 28.7 Å². The first kappa shape index (κ1) is 14.6. The second kappa shape index (κ2) is 5.44. The lowest BCUT2D eigenvalue weighted by atomic mass is 10.1. The van der Waals surface area contributed by atoms with Gasteiger partial charge in [-0.25, -0.2) is 4.98 Å². The SMILES string of the molecule is CCN(CC)c1cc2oc3cc(=N)c(C)cc-3nc2cc1C. The molecular formula is C18H21N3O. The lowest BCUT2D eigenvalue weighted by molar-refractivity contribution is 0.611. The number of aromatic nitrogens is 1. The maximum absolute atomic E-state index is 7.92. The average molecular weight is 295 g/mol. The van der Waals surface area contributed by atoms with Gasteiger partial charge in [0.15, 0.2) is 11.3 Å². The molecule has 22 heavy (non-hydrogen) atoms. The summed E-state index contributed by atoms with van der Waals surface area (Å²) in [5.74, 6) is 0.664. The minimum absolute atomic E-state index is 0.480. The van der Waals surface area contributed by atoms with Gasteiger partial charge in [0.05, 0.1) is 5.36 Å². The summed E-state index contributed by atoms with van der Waals surface area (Å²) < 4.78 is 6.01. The van der Waals surface area contributed by atoms with Crippen LogP contribution in [0.4, 0.5) is 5.69 Å². The highest BCUT2D eigenvalue weighted by Gasteiger charge is 2.13. The molecule has 0 unspecified atom stereocenters. The van der Waals surface area contributed by atoms with Crippen molar-refractivity contribution >= 4 is 16.8 Å². The molecule has 114 valence electrons. The molecule has 0 bridgehead atoms. The fraction of sp³-hybridized carbons (Fsp3) is 0.333. The Hall–Kier alpha value is -2.36. The van der Waals surface area contributed by atoms with Crippen molar-refractivity contribution in [3.05, 3.63) is 40.7 Å². The number of benzene rings is 2. The van der Waals surface area contributed by atoms with Gasteiger partial charge in [-0.3, -0.25) is 0 Å². The van der Waals surface area contributed by atoms with Crippen molar-refractivity contribution in [1.29, 1.82) is 5.41 Å². The molecular weight excluding hydrogens is 274 g/mol. The van der Waals surface area contributed by atoms with Crippen LogP contribution in [0.5, 0.6) is 0 Å². The quantitative estimate of drug-likeness (QED) is 0.746. The van der Waals surface area contributed by atoms with Gasteiger partial charge in [0.25, 0.3) is 0 Å². The van der Waals surface area contributed by atoms with Gasteiger partial charge in [0.2, 0.25) is 0 Å². The van der Waals surface area contributed by atoms with Crippen molar-refractivity contribution < 1.29 is 4.42 Å². The molecule has 3 rings (SSSR count). The standard InChI is InChI=1S/C18H21N3O/c1-5-21(6-2)16-10-18-15(8-12(16)4)20-14-7-11(3)13(19)9-17(14)22-18/h7-10,19H,5-6H2,1-4H3. The zero-order valence-corrected chi connectivity index (χ0v) is 13.5. The van der Waals surface area contributed by atoms with Crippen LogP contribution in [-0.4, -0.2) is 18.1 Å². The van der Waals surface area contributed by atoms with E-state index < -0.39 is 0 Å². The maximum atomic E-state index is 7.92. The topological polar surface area (TPSA) is 53.1 Å². The Morgan fingerprint density at radius 2 is 1.77 bits per heavy atom. The molecule has 1 aromatic rings. The predicted molar refractivity (Wildman–Crippen MR) is 89.5 cm³/mol. The number of nitrogens with one attached hydrogen (secondary N) is 1. The third-order valence-corrected chi connectivity index (χ3v) is 4.15. The number of hydrogen-bond acceptors (Lipinski definition) is 4. The van der Waals surface area contributed by atoms with Crippen molar-refractivity contribution in [2.45, 2.75) is 27.7 Å². The van der Waals surface area contributed by atoms with Crippen LogP contribution in [-0.2, 0) is 0 Å². The molecule has 2 aliphatic rings. The molecule has 1 aliphatic carbocycles. The van der Waals surface area contributed by atoms with Crippen molar-refractivity contribution in [2.24, 2.45) is 0 Å². The molecule has 0 saturated carbocycles. The van der Waals surface area contributed by atoms with Gasteiger partial charge in [-0.15, -0.1) is 0 Å². The number of nitrogens with zero attached hydrogens (tertiary/aromatic N) is 2. The summed E-state index contributed by atoms with van der Waals surface area (Å²) in [6.07, 6.45) is 0. The molecule has 0 saturated heterocycles. The van der Waals surface area contributed by atoms with Crippen molar-refractivity contribution in [1.82, 2.24) is 4.98 Å². The number of aryl methyl sites for hydroxylation is 2. The lowest BCUT2D eigenvalue weighted by Gasteiger charge is -2.23. The summed E-state index contributed by atoms with van der Waals surface area (Å²) in [6.45, 7) is 10.2. The molecule has 0 aromatic heterocycles. The highest BCUT2D eigenvalue weighted by molar-refractivity contribution is 5.82. The van der Waals surface area contributed by atoms with Gasteiger partial charge >= 0.3 is 0 Å². The normalized spacial score (nSPS) is 11.3. The van der Waals surface area contributed by atoms with E-state index in [2.05, 4.69) is 37.8 Å². The molecule has 4 nitrogen and oxygen atoms in total. The summed E-state index contributed by atoms with van der Waals surface area (Å²) in [4.78, 5) is 7.00. The van der Waals surface area contributed by atoms with E-state index in [1.807, 2.05) is 13.0 Å². The molecule has 4 heteroatoms. The van der Waals surface area contributed by atoms with E-state index in [4.69, 9.17) is 14.8 Å². The van der Waals surface area contributed by atoms with E-state index in [-0.39, 0.29) is 0 Å². The van der Waals surface area contributed by atoms with Crippen LogP contribution >= 0.6 is 0 Å². The highest BCUT2D eigenvalue weighted by atomic mass is 16.3. The number of hydrogen-bond donors (Lipinski definition) is 1. The Morgan fingerprint density at radius 1 is 1.05 bits per heavy atom. The fourth-order valence-electron chi connectivity index (χ4n) is 2.83. The van der Waals surface area contributed by atoms with Gasteiger partial charge in [-0.2, -0.15) is 0 Å². The van der Waals surface area contributed by atoms with Crippen molar-refractivity contribution in [3.8, 4) is 11.5 Å². The van der Waals surface area contributed by atoms with Crippen molar-refractivity contribution in [3.63, 3.8) is 0 Å². The largest absolute Gasteiger partial charge is 0.453 e.